The quantitative estimate of drug-likeness (QED) is 0.695. The summed E-state index contributed by atoms with van der Waals surface area (Å²) in [5.74, 6) is 0.400. The molecular formula is C10H13ClOS. The summed E-state index contributed by atoms with van der Waals surface area (Å²) >= 11 is 7.13. The molecule has 13 heavy (non-hydrogen) atoms. The summed E-state index contributed by atoms with van der Waals surface area (Å²) in [7, 11) is 0. The van der Waals surface area contributed by atoms with Crippen LogP contribution in [0.15, 0.2) is 12.1 Å². The number of ketones is 1. The molecule has 72 valence electrons. The van der Waals surface area contributed by atoms with Crippen molar-refractivity contribution in [3.8, 4) is 0 Å². The van der Waals surface area contributed by atoms with Crippen LogP contribution >= 0.6 is 22.9 Å². The molecule has 0 fully saturated rings. The van der Waals surface area contributed by atoms with E-state index >= 15 is 0 Å². The summed E-state index contributed by atoms with van der Waals surface area (Å²) in [4.78, 5) is 12.6. The monoisotopic (exact) mass is 216 g/mol. The van der Waals surface area contributed by atoms with Crippen molar-refractivity contribution in [1.29, 1.82) is 0 Å². The van der Waals surface area contributed by atoms with Crippen molar-refractivity contribution < 1.29 is 4.79 Å². The molecule has 0 aromatic carbocycles. The van der Waals surface area contributed by atoms with Crippen LogP contribution in [0.25, 0.3) is 0 Å². The Hall–Kier alpha value is -0.340. The number of carbonyl (C=O) groups excluding carboxylic acids is 1. The van der Waals surface area contributed by atoms with Gasteiger partial charge in [-0.2, -0.15) is 0 Å². The minimum atomic E-state index is 0.162. The van der Waals surface area contributed by atoms with E-state index in [-0.39, 0.29) is 11.7 Å². The van der Waals surface area contributed by atoms with Crippen LogP contribution in [0.2, 0.25) is 4.34 Å². The van der Waals surface area contributed by atoms with Gasteiger partial charge in [0.15, 0.2) is 5.78 Å². The molecule has 3 heteroatoms. The maximum Gasteiger partial charge on any atom is 0.175 e. The van der Waals surface area contributed by atoms with Gasteiger partial charge in [-0.15, -0.1) is 11.3 Å². The Bertz CT molecular complexity index is 289. The van der Waals surface area contributed by atoms with Crippen LogP contribution in [0, 0.1) is 5.92 Å². The smallest absolute Gasteiger partial charge is 0.175 e. The van der Waals surface area contributed by atoms with Gasteiger partial charge >= 0.3 is 0 Å². The highest BCUT2D eigenvalue weighted by molar-refractivity contribution is 7.18. The number of thiophene rings is 1. The molecular weight excluding hydrogens is 204 g/mol. The molecule has 0 saturated carbocycles. The van der Waals surface area contributed by atoms with E-state index in [0.717, 1.165) is 17.7 Å². The first-order valence-corrected chi connectivity index (χ1v) is 5.68. The van der Waals surface area contributed by atoms with Gasteiger partial charge in [-0.1, -0.05) is 25.4 Å². The summed E-state index contributed by atoms with van der Waals surface area (Å²) < 4.78 is 0.689. The van der Waals surface area contributed by atoms with Gasteiger partial charge in [0.05, 0.1) is 9.21 Å². The molecule has 0 bridgehead atoms. The first-order chi connectivity index (χ1) is 6.19. The van der Waals surface area contributed by atoms with Crippen LogP contribution in [0.5, 0.6) is 0 Å². The highest BCUT2D eigenvalue weighted by atomic mass is 35.5. The lowest BCUT2D eigenvalue weighted by molar-refractivity contribution is 0.0917. The highest BCUT2D eigenvalue weighted by Crippen LogP contribution is 2.25. The Labute approximate surface area is 87.7 Å². The van der Waals surface area contributed by atoms with Gasteiger partial charge in [0.1, 0.15) is 0 Å². The minimum Gasteiger partial charge on any atom is -0.293 e. The molecule has 0 N–H and O–H groups in total. The Morgan fingerprint density at radius 1 is 1.46 bits per heavy atom. The van der Waals surface area contributed by atoms with Crippen LogP contribution in [0.3, 0.4) is 0 Å². The van der Waals surface area contributed by atoms with Crippen molar-refractivity contribution in [3.63, 3.8) is 0 Å². The Balaban J connectivity index is 2.78. The van der Waals surface area contributed by atoms with Crippen molar-refractivity contribution in [2.75, 3.05) is 0 Å². The third-order valence-corrected chi connectivity index (χ3v) is 3.42. The predicted molar refractivity (Wildman–Crippen MR) is 57.7 cm³/mol. The van der Waals surface area contributed by atoms with Gasteiger partial charge in [0, 0.05) is 5.92 Å². The lowest BCUT2D eigenvalue weighted by atomic mass is 9.97. The van der Waals surface area contributed by atoms with E-state index in [4.69, 9.17) is 11.6 Å². The first kappa shape index (κ1) is 10.7. The number of hydrogen-bond donors (Lipinski definition) is 0. The second-order valence-electron chi connectivity index (χ2n) is 2.98. The standard InChI is InChI=1S/C10H13ClOS/c1-3-7(4-2)10(12)8-5-6-9(11)13-8/h5-7H,3-4H2,1-2H3. The molecule has 1 aromatic heterocycles. The van der Waals surface area contributed by atoms with Gasteiger partial charge < -0.3 is 0 Å². The van der Waals surface area contributed by atoms with Crippen LogP contribution in [0.1, 0.15) is 36.4 Å². The second-order valence-corrected chi connectivity index (χ2v) is 4.70. The zero-order valence-electron chi connectivity index (χ0n) is 7.84. The van der Waals surface area contributed by atoms with E-state index in [1.807, 2.05) is 19.9 Å². The molecule has 0 spiro atoms. The fourth-order valence-electron chi connectivity index (χ4n) is 1.31. The second kappa shape index (κ2) is 4.77. The molecule has 0 radical (unpaired) electrons. The van der Waals surface area contributed by atoms with Gasteiger partial charge in [-0.05, 0) is 25.0 Å². The molecule has 1 aromatic rings. The number of rotatable bonds is 4. The highest BCUT2D eigenvalue weighted by Gasteiger charge is 2.17. The van der Waals surface area contributed by atoms with E-state index in [9.17, 15) is 4.79 Å². The summed E-state index contributed by atoms with van der Waals surface area (Å²) in [6, 6.07) is 3.59. The van der Waals surface area contributed by atoms with Crippen molar-refractivity contribution in [2.45, 2.75) is 26.7 Å². The van der Waals surface area contributed by atoms with Crippen molar-refractivity contribution in [3.05, 3.63) is 21.3 Å². The van der Waals surface area contributed by atoms with E-state index in [2.05, 4.69) is 0 Å². The molecule has 1 heterocycles. The zero-order chi connectivity index (χ0) is 9.84. The molecule has 0 aliphatic rings. The fraction of sp³-hybridized carbons (Fsp3) is 0.500. The Morgan fingerprint density at radius 3 is 2.46 bits per heavy atom. The van der Waals surface area contributed by atoms with Crippen LogP contribution < -0.4 is 0 Å². The van der Waals surface area contributed by atoms with Crippen LogP contribution in [-0.2, 0) is 0 Å². The average molecular weight is 217 g/mol. The molecule has 0 aliphatic heterocycles. The van der Waals surface area contributed by atoms with Gasteiger partial charge in [0.25, 0.3) is 0 Å². The third-order valence-electron chi connectivity index (χ3n) is 2.17. The molecule has 1 nitrogen and oxygen atoms in total. The normalized spacial score (nSPS) is 10.8. The molecule has 0 saturated heterocycles. The van der Waals surface area contributed by atoms with E-state index in [1.165, 1.54) is 11.3 Å². The van der Waals surface area contributed by atoms with Gasteiger partial charge in [0.2, 0.25) is 0 Å². The summed E-state index contributed by atoms with van der Waals surface area (Å²) in [6.45, 7) is 4.09. The molecule has 0 aliphatic carbocycles. The molecule has 0 unspecified atom stereocenters. The third kappa shape index (κ3) is 2.55. The van der Waals surface area contributed by atoms with E-state index in [0.29, 0.717) is 4.34 Å². The molecule has 0 atom stereocenters. The first-order valence-electron chi connectivity index (χ1n) is 4.48. The van der Waals surface area contributed by atoms with E-state index in [1.54, 1.807) is 6.07 Å². The van der Waals surface area contributed by atoms with Gasteiger partial charge in [-0.25, -0.2) is 0 Å². The lowest BCUT2D eigenvalue weighted by Gasteiger charge is -2.08. The summed E-state index contributed by atoms with van der Waals surface area (Å²) in [5, 5.41) is 0. The fourth-order valence-corrected chi connectivity index (χ4v) is 2.37. The zero-order valence-corrected chi connectivity index (χ0v) is 9.41. The van der Waals surface area contributed by atoms with Crippen molar-refractivity contribution >= 4 is 28.7 Å². The number of Topliss-reactive ketones (excluding diaryl/α,β-unsaturated/α-hetero) is 1. The summed E-state index contributed by atoms with van der Waals surface area (Å²) in [5.41, 5.74) is 0. The lowest BCUT2D eigenvalue weighted by Crippen LogP contribution is -2.11. The SMILES string of the molecule is CCC(CC)C(=O)c1ccc(Cl)s1. The molecule has 1 rings (SSSR count). The van der Waals surface area contributed by atoms with Crippen LogP contribution in [0.4, 0.5) is 0 Å². The topological polar surface area (TPSA) is 17.1 Å². The average Bonchev–Trinajstić information content (AvgIpc) is 2.54. The molecule has 0 amide bonds. The number of carbonyl (C=O) groups is 1. The Morgan fingerprint density at radius 2 is 2.08 bits per heavy atom. The van der Waals surface area contributed by atoms with E-state index < -0.39 is 0 Å². The maximum absolute atomic E-state index is 11.8. The number of hydrogen-bond acceptors (Lipinski definition) is 2. The van der Waals surface area contributed by atoms with Gasteiger partial charge in [-0.3, -0.25) is 4.79 Å². The maximum atomic E-state index is 11.8. The van der Waals surface area contributed by atoms with Crippen molar-refractivity contribution in [1.82, 2.24) is 0 Å². The Kier molecular flexibility index (Phi) is 3.94. The number of halogens is 1. The van der Waals surface area contributed by atoms with Crippen LogP contribution in [-0.4, -0.2) is 5.78 Å². The van der Waals surface area contributed by atoms with Crippen molar-refractivity contribution in [2.24, 2.45) is 5.92 Å². The predicted octanol–water partition coefficient (Wildman–Crippen LogP) is 4.02. The minimum absolute atomic E-state index is 0.162. The summed E-state index contributed by atoms with van der Waals surface area (Å²) in [6.07, 6.45) is 1.82. The largest absolute Gasteiger partial charge is 0.293 e.